The summed E-state index contributed by atoms with van der Waals surface area (Å²) >= 11 is 0. The van der Waals surface area contributed by atoms with E-state index in [0.29, 0.717) is 25.7 Å². The molecular weight excluding hydrogens is 566 g/mol. The average molecular weight is 607 g/mol. The van der Waals surface area contributed by atoms with Crippen molar-refractivity contribution < 1.29 is 38.9 Å². The molecule has 6 unspecified atom stereocenters. The third-order valence-corrected chi connectivity index (χ3v) is 11.5. The Kier molecular flexibility index (Phi) is 7.01. The summed E-state index contributed by atoms with van der Waals surface area (Å²) in [6.45, 7) is 8.53. The molecule has 4 aliphatic carbocycles. The highest BCUT2D eigenvalue weighted by Crippen LogP contribution is 2.73. The predicted octanol–water partition coefficient (Wildman–Crippen LogP) is 3.88. The molecule has 0 N–H and O–H groups in total. The zero-order valence-electron chi connectivity index (χ0n) is 25.2. The van der Waals surface area contributed by atoms with Crippen LogP contribution >= 0.6 is 0 Å². The lowest BCUT2D eigenvalue weighted by molar-refractivity contribution is -0.773. The minimum atomic E-state index is -1.98. The lowest BCUT2D eigenvalue weighted by atomic mass is 9.45. The van der Waals surface area contributed by atoms with Gasteiger partial charge in [0.15, 0.2) is 17.8 Å². The van der Waals surface area contributed by atoms with Crippen molar-refractivity contribution in [1.29, 1.82) is 0 Å². The summed E-state index contributed by atoms with van der Waals surface area (Å²) in [5.74, 6) is -0.765. The number of hydrogen-bond donors (Lipinski definition) is 0. The minimum Gasteiger partial charge on any atom is -0.783 e. The van der Waals surface area contributed by atoms with Gasteiger partial charge in [0.2, 0.25) is 0 Å². The molecule has 6 rings (SSSR count). The molecule has 0 aromatic carbocycles. The number of nitrogens with zero attached hydrogens (tertiary/aromatic N) is 3. The molecule has 2 aliphatic heterocycles. The van der Waals surface area contributed by atoms with Crippen LogP contribution in [-0.4, -0.2) is 69.6 Å². The van der Waals surface area contributed by atoms with Crippen LogP contribution in [0.4, 0.5) is 0 Å². The number of carbonyl (C=O) groups is 1. The highest BCUT2D eigenvalue weighted by Gasteiger charge is 2.82. The van der Waals surface area contributed by atoms with Crippen molar-refractivity contribution in [2.24, 2.45) is 28.6 Å². The molecule has 0 bridgehead atoms. The summed E-state index contributed by atoms with van der Waals surface area (Å²) < 4.78 is 19.8. The normalized spacial score (nSPS) is 46.4. The van der Waals surface area contributed by atoms with Crippen molar-refractivity contribution in [1.82, 2.24) is 5.06 Å². The highest BCUT2D eigenvalue weighted by molar-refractivity contribution is 6.01. The molecule has 0 radical (unpaired) electrons. The Hall–Kier alpha value is -2.65. The molecule has 0 amide bonds. The minimum absolute atomic E-state index is 0.0411. The van der Waals surface area contributed by atoms with E-state index in [1.807, 2.05) is 26.8 Å². The highest BCUT2D eigenvalue weighted by atomic mass is 17.0. The molecule has 14 nitrogen and oxygen atoms in total. The van der Waals surface area contributed by atoms with Gasteiger partial charge in [0, 0.05) is 22.3 Å². The van der Waals surface area contributed by atoms with Crippen LogP contribution in [0.5, 0.6) is 0 Å². The van der Waals surface area contributed by atoms with Crippen LogP contribution in [0, 0.1) is 54.0 Å². The van der Waals surface area contributed by atoms with E-state index in [0.717, 1.165) is 17.1 Å². The Labute approximate surface area is 249 Å². The fourth-order valence-corrected chi connectivity index (χ4v) is 9.91. The molecule has 3 saturated carbocycles. The van der Waals surface area contributed by atoms with Crippen molar-refractivity contribution in [2.75, 3.05) is 13.2 Å². The van der Waals surface area contributed by atoms with E-state index in [4.69, 9.17) is 23.9 Å². The summed E-state index contributed by atoms with van der Waals surface area (Å²) in [5.41, 5.74) is -5.38. The molecule has 5 fully saturated rings. The molecule has 10 atom stereocenters. The number of hydroxylamine groups is 2. The van der Waals surface area contributed by atoms with Gasteiger partial charge in [0.1, 0.15) is 18.3 Å². The smallest absolute Gasteiger partial charge is 0.294 e. The molecule has 14 heteroatoms. The monoisotopic (exact) mass is 606 g/mol. The van der Waals surface area contributed by atoms with Gasteiger partial charge < -0.3 is 34.2 Å². The van der Waals surface area contributed by atoms with Crippen molar-refractivity contribution in [3.05, 3.63) is 49.2 Å². The Morgan fingerprint density at radius 2 is 1.91 bits per heavy atom. The van der Waals surface area contributed by atoms with E-state index in [2.05, 4.69) is 0 Å². The van der Waals surface area contributed by atoms with Crippen LogP contribution in [0.15, 0.2) is 23.8 Å². The van der Waals surface area contributed by atoms with Crippen molar-refractivity contribution >= 4 is 5.78 Å². The quantitative estimate of drug-likeness (QED) is 0.288. The van der Waals surface area contributed by atoms with Gasteiger partial charge in [-0.15, -0.1) is 20.2 Å². The predicted molar refractivity (Wildman–Crippen MR) is 148 cm³/mol. The van der Waals surface area contributed by atoms with Crippen LogP contribution in [0.25, 0.3) is 0 Å². The lowest BCUT2D eigenvalue weighted by Crippen LogP contribution is -2.75. The fourth-order valence-electron chi connectivity index (χ4n) is 9.91. The number of hydrogen-bond acceptors (Lipinski definition) is 12. The summed E-state index contributed by atoms with van der Waals surface area (Å²) in [5, 5.41) is 36.9. The molecule has 0 aromatic rings. The van der Waals surface area contributed by atoms with E-state index < -0.39 is 63.0 Å². The van der Waals surface area contributed by atoms with E-state index >= 15 is 0 Å². The maximum absolute atomic E-state index is 14.3. The number of ketones is 1. The Morgan fingerprint density at radius 3 is 2.53 bits per heavy atom. The van der Waals surface area contributed by atoms with E-state index in [1.54, 1.807) is 19.9 Å². The first-order chi connectivity index (χ1) is 20.1. The standard InChI is InChI=1S/C29H40N3O11/c1-6-7-23-41-22-13-20-19-9-8-17-12-18(33)10-11-26(17,4)24(19)21(43-32(37)38)14-27(20,5)29(22,42-23)28(16-40-31(35)36)30(34)25(2,3)15-39-28/h10-12,19-24H,6-9,13-16H2,1-5H3/q-1/t19?,20?,21?,22-,23?,24?,26+,27+,28?,29-/m1/s1. The van der Waals surface area contributed by atoms with Crippen LogP contribution in [0.3, 0.4) is 0 Å². The molecule has 6 aliphatic rings. The molecule has 238 valence electrons. The van der Waals surface area contributed by atoms with Gasteiger partial charge in [-0.2, -0.15) is 0 Å². The molecule has 0 aromatic heterocycles. The molecule has 2 saturated heterocycles. The zero-order chi connectivity index (χ0) is 31.2. The van der Waals surface area contributed by atoms with Gasteiger partial charge in [-0.3, -0.25) is 4.79 Å². The van der Waals surface area contributed by atoms with Crippen LogP contribution < -0.4 is 0 Å². The Morgan fingerprint density at radius 1 is 1.16 bits per heavy atom. The molecular formula is C29H40N3O11-. The summed E-state index contributed by atoms with van der Waals surface area (Å²) in [6.07, 6.45) is 5.70. The first-order valence-electron chi connectivity index (χ1n) is 15.1. The first-order valence-corrected chi connectivity index (χ1v) is 15.1. The summed E-state index contributed by atoms with van der Waals surface area (Å²) in [7, 11) is 0. The number of ether oxygens (including phenoxy) is 3. The van der Waals surface area contributed by atoms with Gasteiger partial charge in [-0.25, -0.2) is 0 Å². The molecule has 2 heterocycles. The second-order valence-corrected chi connectivity index (χ2v) is 14.1. The van der Waals surface area contributed by atoms with Crippen molar-refractivity contribution in [2.45, 2.75) is 109 Å². The van der Waals surface area contributed by atoms with Crippen LogP contribution in [0.2, 0.25) is 0 Å². The van der Waals surface area contributed by atoms with Crippen LogP contribution in [-0.2, 0) is 28.7 Å². The largest absolute Gasteiger partial charge is 0.783 e. The maximum Gasteiger partial charge on any atom is 0.294 e. The topological polar surface area (TPSA) is 176 Å². The Bertz CT molecular complexity index is 1270. The summed E-state index contributed by atoms with van der Waals surface area (Å²) in [4.78, 5) is 46.3. The Balaban J connectivity index is 1.52. The van der Waals surface area contributed by atoms with E-state index in [1.165, 1.54) is 6.08 Å². The van der Waals surface area contributed by atoms with E-state index in [9.17, 15) is 30.2 Å². The van der Waals surface area contributed by atoms with Crippen LogP contribution in [0.1, 0.15) is 73.1 Å². The number of carbonyl (C=O) groups excluding carboxylic acids is 1. The van der Waals surface area contributed by atoms with Crippen molar-refractivity contribution in [3.63, 3.8) is 0 Å². The maximum atomic E-state index is 14.3. The number of allylic oxidation sites excluding steroid dienone is 4. The first kappa shape index (κ1) is 30.4. The average Bonchev–Trinajstić information content (AvgIpc) is 3.49. The second-order valence-electron chi connectivity index (χ2n) is 14.1. The van der Waals surface area contributed by atoms with Gasteiger partial charge in [0.05, 0.1) is 12.7 Å². The molecule has 0 spiro atoms. The second kappa shape index (κ2) is 9.93. The number of rotatable bonds is 8. The van der Waals surface area contributed by atoms with Gasteiger partial charge in [0.25, 0.3) is 10.2 Å². The van der Waals surface area contributed by atoms with E-state index in [-0.39, 0.29) is 36.6 Å². The van der Waals surface area contributed by atoms with Gasteiger partial charge in [-0.05, 0) is 69.9 Å². The lowest BCUT2D eigenvalue weighted by Gasteiger charge is -2.64. The van der Waals surface area contributed by atoms with Gasteiger partial charge in [-0.1, -0.05) is 38.8 Å². The third-order valence-electron chi connectivity index (χ3n) is 11.5. The van der Waals surface area contributed by atoms with Gasteiger partial charge >= 0.3 is 0 Å². The van der Waals surface area contributed by atoms with Crippen molar-refractivity contribution in [3.8, 4) is 0 Å². The third kappa shape index (κ3) is 4.06. The number of fused-ring (bicyclic) bond motifs is 7. The SMILES string of the molecule is CCCC1O[C@@H]2CC3C4CCC5=CC(=O)C=C[C@]5(C)C4C(O[N+](=O)[O-])C[C@]3(C)[C@]2(C2(CO[N+](=O)[O-])OCC(C)(C)N2[O-])O1. The fraction of sp³-hybridized carbons (Fsp3) is 0.828. The summed E-state index contributed by atoms with van der Waals surface area (Å²) in [6, 6.07) is 0. The molecule has 43 heavy (non-hydrogen) atoms. The zero-order valence-corrected chi connectivity index (χ0v) is 25.2.